The zero-order chi connectivity index (χ0) is 13.9. The molecule has 0 aromatic carbocycles. The third-order valence-corrected chi connectivity index (χ3v) is 4.66. The molecule has 1 aromatic rings. The van der Waals surface area contributed by atoms with Crippen LogP contribution in [0.4, 0.5) is 0 Å². The number of hydrogen-bond donors (Lipinski definition) is 1. The van der Waals surface area contributed by atoms with Gasteiger partial charge in [-0.05, 0) is 43.2 Å². The first-order valence-corrected chi connectivity index (χ1v) is 8.14. The lowest BCUT2D eigenvalue weighted by molar-refractivity contribution is 0.104. The Kier molecular flexibility index (Phi) is 4.37. The number of rotatable bonds is 5. The molecule has 3 heteroatoms. The van der Waals surface area contributed by atoms with E-state index in [0.29, 0.717) is 6.04 Å². The van der Waals surface area contributed by atoms with E-state index < -0.39 is 0 Å². The molecular formula is C17H27N3. The lowest BCUT2D eigenvalue weighted by Gasteiger charge is -2.41. The van der Waals surface area contributed by atoms with Crippen LogP contribution in [-0.4, -0.2) is 35.1 Å². The number of hydrogen-bond acceptors (Lipinski definition) is 3. The van der Waals surface area contributed by atoms with Gasteiger partial charge in [-0.2, -0.15) is 0 Å². The van der Waals surface area contributed by atoms with E-state index >= 15 is 0 Å². The molecule has 2 unspecified atom stereocenters. The fourth-order valence-electron chi connectivity index (χ4n) is 3.51. The molecule has 1 aromatic heterocycles. The molecule has 1 saturated carbocycles. The van der Waals surface area contributed by atoms with Gasteiger partial charge < -0.3 is 5.32 Å². The van der Waals surface area contributed by atoms with Crippen molar-refractivity contribution in [1.82, 2.24) is 15.2 Å². The highest BCUT2D eigenvalue weighted by Crippen LogP contribution is 2.37. The molecule has 2 aliphatic rings. The van der Waals surface area contributed by atoms with Crippen molar-refractivity contribution in [1.29, 1.82) is 0 Å². The Labute approximate surface area is 122 Å². The minimum Gasteiger partial charge on any atom is -0.311 e. The maximum absolute atomic E-state index is 4.35. The van der Waals surface area contributed by atoms with Crippen molar-refractivity contribution in [3.8, 4) is 0 Å². The first-order valence-electron chi connectivity index (χ1n) is 8.14. The van der Waals surface area contributed by atoms with Crippen molar-refractivity contribution in [2.45, 2.75) is 58.2 Å². The van der Waals surface area contributed by atoms with Gasteiger partial charge in [0, 0.05) is 44.1 Å². The normalized spacial score (nSPS) is 27.7. The van der Waals surface area contributed by atoms with Gasteiger partial charge in [0.15, 0.2) is 0 Å². The van der Waals surface area contributed by atoms with Gasteiger partial charge in [0.05, 0.1) is 0 Å². The van der Waals surface area contributed by atoms with E-state index in [4.69, 9.17) is 0 Å². The van der Waals surface area contributed by atoms with E-state index in [1.807, 2.05) is 12.4 Å². The summed E-state index contributed by atoms with van der Waals surface area (Å²) in [6.45, 7) is 7.85. The molecule has 2 atom stereocenters. The van der Waals surface area contributed by atoms with Gasteiger partial charge >= 0.3 is 0 Å². The molecule has 0 radical (unpaired) electrons. The van der Waals surface area contributed by atoms with Crippen LogP contribution in [0.5, 0.6) is 0 Å². The molecule has 0 spiro atoms. The summed E-state index contributed by atoms with van der Waals surface area (Å²) < 4.78 is 0. The molecule has 1 aliphatic heterocycles. The summed E-state index contributed by atoms with van der Waals surface area (Å²) in [6, 6.07) is 3.70. The van der Waals surface area contributed by atoms with Crippen LogP contribution >= 0.6 is 0 Å². The molecule has 1 saturated heterocycles. The monoisotopic (exact) mass is 273 g/mol. The van der Waals surface area contributed by atoms with Gasteiger partial charge in [-0.3, -0.25) is 9.88 Å². The number of piperazine rings is 1. The van der Waals surface area contributed by atoms with Crippen LogP contribution in [0.1, 0.15) is 43.7 Å². The van der Waals surface area contributed by atoms with Crippen LogP contribution in [0.2, 0.25) is 0 Å². The van der Waals surface area contributed by atoms with Crippen molar-refractivity contribution >= 4 is 0 Å². The Morgan fingerprint density at radius 2 is 2.20 bits per heavy atom. The second-order valence-electron chi connectivity index (χ2n) is 6.60. The SMILES string of the molecule is CCCC1CN(Cc2cncc(C)c2)C(C2CC2)CN1. The molecule has 3 rings (SSSR count). The average Bonchev–Trinajstić information content (AvgIpc) is 3.24. The molecule has 3 nitrogen and oxygen atoms in total. The molecule has 2 fully saturated rings. The Balaban J connectivity index is 1.68. The van der Waals surface area contributed by atoms with E-state index in [2.05, 4.69) is 35.1 Å². The summed E-state index contributed by atoms with van der Waals surface area (Å²) in [7, 11) is 0. The van der Waals surface area contributed by atoms with Crippen molar-refractivity contribution in [2.24, 2.45) is 5.92 Å². The third-order valence-electron chi connectivity index (χ3n) is 4.66. The van der Waals surface area contributed by atoms with Gasteiger partial charge in [0.1, 0.15) is 0 Å². The third kappa shape index (κ3) is 3.39. The molecule has 1 N–H and O–H groups in total. The smallest absolute Gasteiger partial charge is 0.0313 e. The van der Waals surface area contributed by atoms with Gasteiger partial charge in [0.2, 0.25) is 0 Å². The first-order chi connectivity index (χ1) is 9.76. The minimum absolute atomic E-state index is 0.674. The second-order valence-corrected chi connectivity index (χ2v) is 6.60. The molecule has 1 aliphatic carbocycles. The highest BCUT2D eigenvalue weighted by Gasteiger charge is 2.38. The van der Waals surface area contributed by atoms with E-state index in [1.54, 1.807) is 0 Å². The Bertz CT molecular complexity index is 442. The number of aromatic nitrogens is 1. The highest BCUT2D eigenvalue weighted by atomic mass is 15.2. The Morgan fingerprint density at radius 3 is 2.90 bits per heavy atom. The highest BCUT2D eigenvalue weighted by molar-refractivity contribution is 5.17. The number of aryl methyl sites for hydroxylation is 1. The summed E-state index contributed by atoms with van der Waals surface area (Å²) in [4.78, 5) is 7.06. The van der Waals surface area contributed by atoms with E-state index in [0.717, 1.165) is 18.5 Å². The van der Waals surface area contributed by atoms with Crippen molar-refractivity contribution in [2.75, 3.05) is 13.1 Å². The van der Waals surface area contributed by atoms with Crippen LogP contribution in [0.15, 0.2) is 18.5 Å². The maximum atomic E-state index is 4.35. The summed E-state index contributed by atoms with van der Waals surface area (Å²) >= 11 is 0. The summed E-state index contributed by atoms with van der Waals surface area (Å²) in [5.74, 6) is 0.933. The van der Waals surface area contributed by atoms with Gasteiger partial charge in [-0.25, -0.2) is 0 Å². The fourth-order valence-corrected chi connectivity index (χ4v) is 3.51. The topological polar surface area (TPSA) is 28.2 Å². The standard InChI is InChI=1S/C17H27N3/c1-3-4-16-12-20(17(10-19-16)15-5-6-15)11-14-7-13(2)8-18-9-14/h7-9,15-17,19H,3-6,10-12H2,1-2H3. The molecule has 110 valence electrons. The van der Waals surface area contributed by atoms with Crippen LogP contribution in [0.25, 0.3) is 0 Å². The quantitative estimate of drug-likeness (QED) is 0.894. The van der Waals surface area contributed by atoms with Gasteiger partial charge in [-0.15, -0.1) is 0 Å². The number of nitrogens with zero attached hydrogens (tertiary/aromatic N) is 2. The maximum Gasteiger partial charge on any atom is 0.0313 e. The van der Waals surface area contributed by atoms with Crippen molar-refractivity contribution < 1.29 is 0 Å². The number of pyridine rings is 1. The fraction of sp³-hybridized carbons (Fsp3) is 0.706. The van der Waals surface area contributed by atoms with E-state index in [1.165, 1.54) is 49.9 Å². The van der Waals surface area contributed by atoms with E-state index in [-0.39, 0.29) is 0 Å². The predicted octanol–water partition coefficient (Wildman–Crippen LogP) is 2.74. The van der Waals surface area contributed by atoms with Gasteiger partial charge in [-0.1, -0.05) is 19.4 Å². The Hall–Kier alpha value is -0.930. The largest absolute Gasteiger partial charge is 0.311 e. The van der Waals surface area contributed by atoms with Crippen LogP contribution in [0.3, 0.4) is 0 Å². The molecule has 2 heterocycles. The van der Waals surface area contributed by atoms with Gasteiger partial charge in [0.25, 0.3) is 0 Å². The zero-order valence-electron chi connectivity index (χ0n) is 12.8. The minimum atomic E-state index is 0.674. The predicted molar refractivity (Wildman–Crippen MR) is 82.6 cm³/mol. The lowest BCUT2D eigenvalue weighted by Crippen LogP contribution is -2.56. The van der Waals surface area contributed by atoms with Crippen molar-refractivity contribution in [3.05, 3.63) is 29.6 Å². The molecule has 0 amide bonds. The van der Waals surface area contributed by atoms with Crippen LogP contribution in [0, 0.1) is 12.8 Å². The second kappa shape index (κ2) is 6.23. The van der Waals surface area contributed by atoms with Crippen LogP contribution in [-0.2, 0) is 6.54 Å². The summed E-state index contributed by atoms with van der Waals surface area (Å²) in [5.41, 5.74) is 2.64. The molecular weight excluding hydrogens is 246 g/mol. The van der Waals surface area contributed by atoms with Crippen molar-refractivity contribution in [3.63, 3.8) is 0 Å². The average molecular weight is 273 g/mol. The molecule has 0 bridgehead atoms. The summed E-state index contributed by atoms with van der Waals surface area (Å²) in [5, 5.41) is 3.76. The zero-order valence-corrected chi connectivity index (χ0v) is 12.8. The summed E-state index contributed by atoms with van der Waals surface area (Å²) in [6.07, 6.45) is 9.39. The molecule has 20 heavy (non-hydrogen) atoms. The number of nitrogens with one attached hydrogen (secondary N) is 1. The first kappa shape index (κ1) is 14.0. The van der Waals surface area contributed by atoms with Crippen LogP contribution < -0.4 is 5.32 Å². The lowest BCUT2D eigenvalue weighted by atomic mass is 10.0. The van der Waals surface area contributed by atoms with E-state index in [9.17, 15) is 0 Å². The Morgan fingerprint density at radius 1 is 1.35 bits per heavy atom.